The smallest absolute Gasteiger partial charge is 0.336 e. The average Bonchev–Trinajstić information content (AvgIpc) is 2.40. The quantitative estimate of drug-likeness (QED) is 0.626. The van der Waals surface area contributed by atoms with E-state index in [-0.39, 0.29) is 23.5 Å². The second-order valence-electron chi connectivity index (χ2n) is 3.64. The molecule has 0 amide bonds. The Bertz CT molecular complexity index is 576. The Labute approximate surface area is 139 Å². The Morgan fingerprint density at radius 1 is 0.714 bits per heavy atom. The third kappa shape index (κ3) is 6.12. The van der Waals surface area contributed by atoms with Crippen molar-refractivity contribution in [3.63, 3.8) is 0 Å². The molecule has 0 aliphatic rings. The largest absolute Gasteiger partial charge is 0.478 e. The van der Waals surface area contributed by atoms with Crippen LogP contribution in [0.2, 0.25) is 0 Å². The fourth-order valence-electron chi connectivity index (χ4n) is 1.31. The topological polar surface area (TPSA) is 74.6 Å². The molecule has 4 nitrogen and oxygen atoms in total. The van der Waals surface area contributed by atoms with E-state index in [4.69, 9.17) is 10.2 Å². The lowest BCUT2D eigenvalue weighted by Gasteiger charge is -1.95. The molecule has 2 aromatic rings. The lowest BCUT2D eigenvalue weighted by Crippen LogP contribution is -1.96. The first-order valence-corrected chi connectivity index (χ1v) is 6.35. The molecule has 7 heteroatoms. The van der Waals surface area contributed by atoms with E-state index in [0.717, 1.165) is 0 Å². The van der Waals surface area contributed by atoms with Crippen LogP contribution in [-0.4, -0.2) is 22.2 Å². The summed E-state index contributed by atoms with van der Waals surface area (Å²) in [4.78, 5) is 21.7. The predicted molar refractivity (Wildman–Crippen MR) is 88.6 cm³/mol. The van der Waals surface area contributed by atoms with Crippen LogP contribution >= 0.6 is 37.7 Å². The Kier molecular flexibility index (Phi) is 8.61. The standard InChI is InChI=1S/2C7H6O2S.ClH/c2*8-7(9)5-3-1-2-4-6(5)10;/h2*1-4,10H,(H,8,9);1H. The maximum absolute atomic E-state index is 10.4. The number of rotatable bonds is 2. The second kappa shape index (κ2) is 9.33. The molecule has 0 aromatic heterocycles. The molecule has 0 aliphatic carbocycles. The van der Waals surface area contributed by atoms with Gasteiger partial charge in [0.15, 0.2) is 0 Å². The van der Waals surface area contributed by atoms with Crippen molar-refractivity contribution >= 4 is 49.6 Å². The minimum absolute atomic E-state index is 0. The van der Waals surface area contributed by atoms with Gasteiger partial charge in [-0.05, 0) is 24.3 Å². The number of benzene rings is 2. The highest BCUT2D eigenvalue weighted by Gasteiger charge is 2.04. The molecule has 0 bridgehead atoms. The van der Waals surface area contributed by atoms with Crippen molar-refractivity contribution in [2.45, 2.75) is 9.79 Å². The number of carbonyl (C=O) groups is 2. The number of carboxylic acids is 2. The normalized spacial score (nSPS) is 8.86. The van der Waals surface area contributed by atoms with Crippen molar-refractivity contribution in [2.75, 3.05) is 0 Å². The monoisotopic (exact) mass is 344 g/mol. The van der Waals surface area contributed by atoms with Gasteiger partial charge in [-0.25, -0.2) is 9.59 Å². The summed E-state index contributed by atoms with van der Waals surface area (Å²) >= 11 is 7.91. The van der Waals surface area contributed by atoms with E-state index >= 15 is 0 Å². The summed E-state index contributed by atoms with van der Waals surface area (Å²) in [5.41, 5.74) is 0.483. The van der Waals surface area contributed by atoms with Gasteiger partial charge in [0.05, 0.1) is 11.1 Å². The van der Waals surface area contributed by atoms with Crippen molar-refractivity contribution in [2.24, 2.45) is 0 Å². The molecule has 0 fully saturated rings. The van der Waals surface area contributed by atoms with Gasteiger partial charge in [0.25, 0.3) is 0 Å². The van der Waals surface area contributed by atoms with Crippen LogP contribution in [0.5, 0.6) is 0 Å². The second-order valence-corrected chi connectivity index (χ2v) is 4.61. The molecule has 112 valence electrons. The van der Waals surface area contributed by atoms with Crippen LogP contribution in [0.15, 0.2) is 58.3 Å². The van der Waals surface area contributed by atoms with Gasteiger partial charge in [0, 0.05) is 9.79 Å². The molecule has 0 saturated heterocycles. The number of hydrogen-bond donors (Lipinski definition) is 4. The van der Waals surface area contributed by atoms with Gasteiger partial charge in [-0.3, -0.25) is 0 Å². The van der Waals surface area contributed by atoms with Crippen molar-refractivity contribution < 1.29 is 19.8 Å². The summed E-state index contributed by atoms with van der Waals surface area (Å²) in [5.74, 6) is -1.88. The van der Waals surface area contributed by atoms with Crippen LogP contribution in [0.25, 0.3) is 0 Å². The summed E-state index contributed by atoms with van der Waals surface area (Å²) in [6.45, 7) is 0. The molecule has 2 rings (SSSR count). The molecule has 2 aromatic carbocycles. The van der Waals surface area contributed by atoms with Crippen LogP contribution in [0, 0.1) is 0 Å². The van der Waals surface area contributed by atoms with Crippen LogP contribution in [0.3, 0.4) is 0 Å². The Balaban J connectivity index is 0.000000364. The number of aromatic carboxylic acids is 2. The van der Waals surface area contributed by atoms with Crippen molar-refractivity contribution in [3.8, 4) is 0 Å². The Morgan fingerprint density at radius 2 is 1.00 bits per heavy atom. The first-order valence-electron chi connectivity index (χ1n) is 5.46. The average molecular weight is 345 g/mol. The minimum Gasteiger partial charge on any atom is -0.478 e. The van der Waals surface area contributed by atoms with Gasteiger partial charge in [0.1, 0.15) is 0 Å². The van der Waals surface area contributed by atoms with Crippen molar-refractivity contribution in [3.05, 3.63) is 59.7 Å². The SMILES string of the molecule is Cl.O=C(O)c1ccccc1S.O=C(O)c1ccccc1S. The van der Waals surface area contributed by atoms with Gasteiger partial charge in [0.2, 0.25) is 0 Å². The van der Waals surface area contributed by atoms with E-state index in [1.807, 2.05) is 0 Å². The van der Waals surface area contributed by atoms with Gasteiger partial charge >= 0.3 is 11.9 Å². The molecular weight excluding hydrogens is 332 g/mol. The van der Waals surface area contributed by atoms with Crippen LogP contribution in [-0.2, 0) is 0 Å². The lowest BCUT2D eigenvalue weighted by molar-refractivity contribution is 0.0682. The van der Waals surface area contributed by atoms with E-state index in [1.165, 1.54) is 12.1 Å². The van der Waals surface area contributed by atoms with Crippen LogP contribution in [0.4, 0.5) is 0 Å². The van der Waals surface area contributed by atoms with E-state index < -0.39 is 11.9 Å². The summed E-state index contributed by atoms with van der Waals surface area (Å²) in [6.07, 6.45) is 0. The summed E-state index contributed by atoms with van der Waals surface area (Å²) in [7, 11) is 0. The minimum atomic E-state index is -0.939. The molecule has 0 spiro atoms. The summed E-state index contributed by atoms with van der Waals surface area (Å²) < 4.78 is 0. The van der Waals surface area contributed by atoms with E-state index in [9.17, 15) is 9.59 Å². The molecule has 0 heterocycles. The fraction of sp³-hybridized carbons (Fsp3) is 0. The zero-order chi connectivity index (χ0) is 15.1. The zero-order valence-corrected chi connectivity index (χ0v) is 13.2. The third-order valence-corrected chi connectivity index (χ3v) is 3.05. The van der Waals surface area contributed by atoms with E-state index in [1.54, 1.807) is 36.4 Å². The number of carboxylic acid groups (broad SMARTS) is 2. The molecule has 21 heavy (non-hydrogen) atoms. The van der Waals surface area contributed by atoms with E-state index in [0.29, 0.717) is 9.79 Å². The molecule has 0 saturated carbocycles. The van der Waals surface area contributed by atoms with Crippen LogP contribution in [0.1, 0.15) is 20.7 Å². The first-order chi connectivity index (χ1) is 9.43. The third-order valence-electron chi connectivity index (χ3n) is 2.27. The van der Waals surface area contributed by atoms with Crippen LogP contribution < -0.4 is 0 Å². The Morgan fingerprint density at radius 3 is 1.19 bits per heavy atom. The maximum Gasteiger partial charge on any atom is 0.336 e. The zero-order valence-electron chi connectivity index (χ0n) is 10.6. The summed E-state index contributed by atoms with van der Waals surface area (Å²) in [5, 5.41) is 17.0. The maximum atomic E-state index is 10.4. The molecule has 0 unspecified atom stereocenters. The molecular formula is C14H13ClO4S2. The van der Waals surface area contributed by atoms with Gasteiger partial charge in [-0.15, -0.1) is 37.7 Å². The number of halogens is 1. The molecule has 0 aliphatic heterocycles. The highest BCUT2D eigenvalue weighted by molar-refractivity contribution is 7.80. The lowest BCUT2D eigenvalue weighted by atomic mass is 10.2. The van der Waals surface area contributed by atoms with Gasteiger partial charge in [-0.2, -0.15) is 0 Å². The number of hydrogen-bond acceptors (Lipinski definition) is 4. The first kappa shape index (κ1) is 19.4. The predicted octanol–water partition coefficient (Wildman–Crippen LogP) is 3.77. The van der Waals surface area contributed by atoms with E-state index in [2.05, 4.69) is 25.3 Å². The summed E-state index contributed by atoms with van der Waals surface area (Å²) in [6, 6.07) is 13.2. The highest BCUT2D eigenvalue weighted by Crippen LogP contribution is 2.12. The van der Waals surface area contributed by atoms with Crippen molar-refractivity contribution in [1.29, 1.82) is 0 Å². The fourth-order valence-corrected chi connectivity index (χ4v) is 1.82. The highest BCUT2D eigenvalue weighted by atomic mass is 35.5. The van der Waals surface area contributed by atoms with Gasteiger partial charge in [-0.1, -0.05) is 24.3 Å². The molecule has 2 N–H and O–H groups in total. The van der Waals surface area contributed by atoms with Crippen molar-refractivity contribution in [1.82, 2.24) is 0 Å². The number of thiol groups is 2. The Hall–Kier alpha value is -1.63. The van der Waals surface area contributed by atoms with Gasteiger partial charge < -0.3 is 10.2 Å². The molecule has 0 radical (unpaired) electrons. The molecule has 0 atom stereocenters.